The molecule has 0 N–H and O–H groups in total. The molecular formula is C11H7ClFN3O2S. The molecule has 0 saturated heterocycles. The molecule has 98 valence electrons. The van der Waals surface area contributed by atoms with Crippen LogP contribution in [0.15, 0.2) is 35.5 Å². The fourth-order valence-electron chi connectivity index (χ4n) is 1.58. The molecule has 0 aliphatic heterocycles. The lowest BCUT2D eigenvalue weighted by molar-refractivity contribution is 0.572. The molecule has 2 rings (SSSR count). The summed E-state index contributed by atoms with van der Waals surface area (Å²) in [5.74, 6) is -0.396. The van der Waals surface area contributed by atoms with Gasteiger partial charge in [-0.25, -0.2) is 17.5 Å². The second kappa shape index (κ2) is 4.99. The Bertz CT molecular complexity index is 747. The molecule has 0 fully saturated rings. The number of hydrogen-bond donors (Lipinski definition) is 0. The minimum absolute atomic E-state index is 0.0727. The van der Waals surface area contributed by atoms with Crippen molar-refractivity contribution in [2.75, 3.05) is 0 Å². The standard InChI is InChI=1S/C11H7ClFN3O2S/c12-19(17,18)11-9(5-14)6-15-16(11)7-8-1-3-10(13)4-2-8/h1-4,6H,7H2. The van der Waals surface area contributed by atoms with Crippen LogP contribution in [0, 0.1) is 17.1 Å². The van der Waals surface area contributed by atoms with Crippen LogP contribution in [0.2, 0.25) is 0 Å². The van der Waals surface area contributed by atoms with Crippen LogP contribution in [0.4, 0.5) is 4.39 Å². The molecule has 0 aliphatic carbocycles. The summed E-state index contributed by atoms with van der Waals surface area (Å²) in [5.41, 5.74) is 0.507. The molecule has 0 unspecified atom stereocenters. The third kappa shape index (κ3) is 2.92. The molecule has 5 nitrogen and oxygen atoms in total. The highest BCUT2D eigenvalue weighted by Gasteiger charge is 2.22. The zero-order valence-corrected chi connectivity index (χ0v) is 11.0. The molecule has 0 atom stereocenters. The molecule has 1 aromatic heterocycles. The molecule has 0 bridgehead atoms. The van der Waals surface area contributed by atoms with Gasteiger partial charge >= 0.3 is 0 Å². The van der Waals surface area contributed by atoms with Gasteiger partial charge in [0.25, 0.3) is 9.05 Å². The molecule has 0 radical (unpaired) electrons. The normalized spacial score (nSPS) is 11.2. The molecular weight excluding hydrogens is 293 g/mol. The highest BCUT2D eigenvalue weighted by atomic mass is 35.7. The Morgan fingerprint density at radius 3 is 2.53 bits per heavy atom. The van der Waals surface area contributed by atoms with Gasteiger partial charge in [-0.15, -0.1) is 0 Å². The van der Waals surface area contributed by atoms with E-state index in [0.29, 0.717) is 5.56 Å². The van der Waals surface area contributed by atoms with Crippen molar-refractivity contribution in [1.82, 2.24) is 9.78 Å². The quantitative estimate of drug-likeness (QED) is 0.811. The topological polar surface area (TPSA) is 75.8 Å². The van der Waals surface area contributed by atoms with Crippen LogP contribution in [0.5, 0.6) is 0 Å². The number of nitrogens with zero attached hydrogens (tertiary/aromatic N) is 3. The number of hydrogen-bond acceptors (Lipinski definition) is 4. The fourth-order valence-corrected chi connectivity index (χ4v) is 2.80. The van der Waals surface area contributed by atoms with Gasteiger partial charge in [-0.3, -0.25) is 0 Å². The molecule has 19 heavy (non-hydrogen) atoms. The predicted octanol–water partition coefficient (Wildman–Crippen LogP) is 1.87. The maximum absolute atomic E-state index is 12.8. The van der Waals surface area contributed by atoms with Gasteiger partial charge in [-0.1, -0.05) is 12.1 Å². The van der Waals surface area contributed by atoms with Crippen LogP contribution in [0.25, 0.3) is 0 Å². The van der Waals surface area contributed by atoms with Crippen LogP contribution in [-0.2, 0) is 15.6 Å². The van der Waals surface area contributed by atoms with Crippen molar-refractivity contribution < 1.29 is 12.8 Å². The summed E-state index contributed by atoms with van der Waals surface area (Å²) in [7, 11) is 1.20. The Morgan fingerprint density at radius 1 is 1.37 bits per heavy atom. The summed E-state index contributed by atoms with van der Waals surface area (Å²) in [4.78, 5) is 0. The van der Waals surface area contributed by atoms with E-state index >= 15 is 0 Å². The highest BCUT2D eigenvalue weighted by molar-refractivity contribution is 8.13. The lowest BCUT2D eigenvalue weighted by Gasteiger charge is -2.05. The van der Waals surface area contributed by atoms with Gasteiger partial charge in [0.1, 0.15) is 17.4 Å². The molecule has 1 heterocycles. The first kappa shape index (κ1) is 13.5. The first-order valence-electron chi connectivity index (χ1n) is 5.07. The van der Waals surface area contributed by atoms with Crippen LogP contribution in [-0.4, -0.2) is 18.2 Å². The molecule has 8 heteroatoms. The molecule has 0 aliphatic rings. The summed E-state index contributed by atoms with van der Waals surface area (Å²) in [6.45, 7) is 0.0727. The number of nitriles is 1. The molecule has 0 amide bonds. The minimum Gasteiger partial charge on any atom is -0.247 e. The molecule has 2 aromatic rings. The summed E-state index contributed by atoms with van der Waals surface area (Å²) < 4.78 is 36.7. The SMILES string of the molecule is N#Cc1cnn(Cc2ccc(F)cc2)c1S(=O)(=O)Cl. The Morgan fingerprint density at radius 2 is 2.00 bits per heavy atom. The van der Waals surface area contributed by atoms with Crippen LogP contribution >= 0.6 is 10.7 Å². The predicted molar refractivity (Wildman–Crippen MR) is 65.5 cm³/mol. The number of benzene rings is 1. The van der Waals surface area contributed by atoms with Crippen LogP contribution < -0.4 is 0 Å². The van der Waals surface area contributed by atoms with Gasteiger partial charge in [-0.05, 0) is 17.7 Å². The molecule has 1 aromatic carbocycles. The van der Waals surface area contributed by atoms with Crippen molar-refractivity contribution in [3.8, 4) is 6.07 Å². The van der Waals surface area contributed by atoms with E-state index < -0.39 is 14.9 Å². The van der Waals surface area contributed by atoms with Crippen LogP contribution in [0.3, 0.4) is 0 Å². The van der Waals surface area contributed by atoms with Crippen molar-refractivity contribution in [2.45, 2.75) is 11.6 Å². The fraction of sp³-hybridized carbons (Fsp3) is 0.0909. The zero-order valence-electron chi connectivity index (χ0n) is 9.42. The van der Waals surface area contributed by atoms with Crippen LogP contribution in [0.1, 0.15) is 11.1 Å². The Hall–Kier alpha value is -1.91. The van der Waals surface area contributed by atoms with E-state index in [0.717, 1.165) is 10.9 Å². The second-order valence-electron chi connectivity index (χ2n) is 3.70. The maximum Gasteiger partial charge on any atom is 0.279 e. The Kier molecular flexibility index (Phi) is 3.55. The summed E-state index contributed by atoms with van der Waals surface area (Å²) >= 11 is 0. The van der Waals surface area contributed by atoms with Crippen molar-refractivity contribution >= 4 is 19.7 Å². The smallest absolute Gasteiger partial charge is 0.247 e. The van der Waals surface area contributed by atoms with Gasteiger partial charge in [0.05, 0.1) is 12.7 Å². The summed E-state index contributed by atoms with van der Waals surface area (Å²) in [5, 5.41) is 12.3. The number of rotatable bonds is 3. The largest absolute Gasteiger partial charge is 0.279 e. The van der Waals surface area contributed by atoms with Crippen molar-refractivity contribution in [2.24, 2.45) is 0 Å². The minimum atomic E-state index is -4.09. The third-order valence-corrected chi connectivity index (χ3v) is 3.72. The Balaban J connectivity index is 2.45. The summed E-state index contributed by atoms with van der Waals surface area (Å²) in [6, 6.07) is 7.20. The van der Waals surface area contributed by atoms with Crippen molar-refractivity contribution in [1.29, 1.82) is 5.26 Å². The van der Waals surface area contributed by atoms with Crippen molar-refractivity contribution in [3.05, 3.63) is 47.4 Å². The van der Waals surface area contributed by atoms with E-state index in [9.17, 15) is 12.8 Å². The first-order chi connectivity index (χ1) is 8.91. The van der Waals surface area contributed by atoms with Crippen molar-refractivity contribution in [3.63, 3.8) is 0 Å². The monoisotopic (exact) mass is 299 g/mol. The first-order valence-corrected chi connectivity index (χ1v) is 7.38. The Labute approximate surface area is 113 Å². The lowest BCUT2D eigenvalue weighted by Crippen LogP contribution is -2.09. The van der Waals surface area contributed by atoms with Gasteiger partial charge < -0.3 is 0 Å². The van der Waals surface area contributed by atoms with E-state index in [-0.39, 0.29) is 17.1 Å². The van der Waals surface area contributed by atoms with Gasteiger partial charge in [0.15, 0.2) is 5.03 Å². The van der Waals surface area contributed by atoms with E-state index in [2.05, 4.69) is 5.10 Å². The summed E-state index contributed by atoms with van der Waals surface area (Å²) in [6.07, 6.45) is 1.12. The number of halogens is 2. The van der Waals surface area contributed by atoms with Gasteiger partial charge in [-0.2, -0.15) is 10.4 Å². The zero-order chi connectivity index (χ0) is 14.0. The second-order valence-corrected chi connectivity index (χ2v) is 6.18. The van der Waals surface area contributed by atoms with E-state index in [4.69, 9.17) is 15.9 Å². The lowest BCUT2D eigenvalue weighted by atomic mass is 10.2. The average Bonchev–Trinajstić information content (AvgIpc) is 2.75. The third-order valence-electron chi connectivity index (χ3n) is 2.39. The van der Waals surface area contributed by atoms with Gasteiger partial charge in [0, 0.05) is 10.7 Å². The van der Waals surface area contributed by atoms with Gasteiger partial charge in [0.2, 0.25) is 0 Å². The molecule has 0 spiro atoms. The maximum atomic E-state index is 12.8. The van der Waals surface area contributed by atoms with E-state index in [1.165, 1.54) is 24.3 Å². The molecule has 0 saturated carbocycles. The number of aromatic nitrogens is 2. The highest BCUT2D eigenvalue weighted by Crippen LogP contribution is 2.20. The average molecular weight is 300 g/mol. The van der Waals surface area contributed by atoms with E-state index in [1.54, 1.807) is 6.07 Å². The van der Waals surface area contributed by atoms with E-state index in [1.807, 2.05) is 0 Å².